The van der Waals surface area contributed by atoms with Gasteiger partial charge in [-0.2, -0.15) is 0 Å². The van der Waals surface area contributed by atoms with E-state index in [-0.39, 0.29) is 11.5 Å². The number of hydrogen-bond donors (Lipinski definition) is 1. The third kappa shape index (κ3) is 3.06. The summed E-state index contributed by atoms with van der Waals surface area (Å²) < 4.78 is 32.8. The second kappa shape index (κ2) is 5.45. The minimum atomic E-state index is -2.88. The Kier molecular flexibility index (Phi) is 4.09. The molecule has 19 heavy (non-hydrogen) atoms. The minimum absolute atomic E-state index is 0.00410. The summed E-state index contributed by atoms with van der Waals surface area (Å²) >= 11 is 0. The van der Waals surface area contributed by atoms with Gasteiger partial charge in [0.2, 0.25) is 0 Å². The molecule has 0 bridgehead atoms. The van der Waals surface area contributed by atoms with Crippen molar-refractivity contribution in [1.29, 1.82) is 0 Å². The maximum Gasteiger partial charge on any atom is 0.274 e. The van der Waals surface area contributed by atoms with Crippen LogP contribution in [-0.4, -0.2) is 20.2 Å². The van der Waals surface area contributed by atoms with E-state index in [1.807, 2.05) is 13.0 Å². The van der Waals surface area contributed by atoms with Crippen molar-refractivity contribution in [3.63, 3.8) is 0 Å². The SMILES string of the molecule is COc1c(C2CCCNC2)cc(C)cc1C(C)(F)F. The summed E-state index contributed by atoms with van der Waals surface area (Å²) in [6, 6.07) is 3.50. The highest BCUT2D eigenvalue weighted by atomic mass is 19.3. The summed E-state index contributed by atoms with van der Waals surface area (Å²) in [7, 11) is 1.47. The molecule has 1 saturated heterocycles. The molecule has 2 rings (SSSR count). The number of alkyl halides is 2. The molecule has 0 radical (unpaired) electrons. The Morgan fingerprint density at radius 3 is 2.63 bits per heavy atom. The smallest absolute Gasteiger partial charge is 0.274 e. The highest BCUT2D eigenvalue weighted by molar-refractivity contribution is 5.48. The summed E-state index contributed by atoms with van der Waals surface area (Å²) in [5.41, 5.74) is 1.76. The van der Waals surface area contributed by atoms with E-state index in [9.17, 15) is 8.78 Å². The van der Waals surface area contributed by atoms with Gasteiger partial charge >= 0.3 is 0 Å². The third-order valence-electron chi connectivity index (χ3n) is 3.68. The van der Waals surface area contributed by atoms with Gasteiger partial charge in [0, 0.05) is 19.4 Å². The molecule has 1 N–H and O–H groups in total. The fourth-order valence-corrected chi connectivity index (χ4v) is 2.78. The van der Waals surface area contributed by atoms with Gasteiger partial charge in [0.1, 0.15) is 5.75 Å². The molecule has 0 aliphatic carbocycles. The van der Waals surface area contributed by atoms with Crippen LogP contribution in [0.5, 0.6) is 5.75 Å². The highest BCUT2D eigenvalue weighted by Crippen LogP contribution is 2.41. The predicted octanol–water partition coefficient (Wildman–Crippen LogP) is 3.58. The first kappa shape index (κ1) is 14.3. The maximum atomic E-state index is 13.7. The van der Waals surface area contributed by atoms with Crippen LogP contribution in [0.3, 0.4) is 0 Å². The number of aryl methyl sites for hydroxylation is 1. The zero-order chi connectivity index (χ0) is 14.0. The molecule has 1 atom stereocenters. The number of halogens is 2. The molecule has 2 nitrogen and oxygen atoms in total. The number of piperidine rings is 1. The molecule has 0 spiro atoms. The van der Waals surface area contributed by atoms with Crippen LogP contribution in [-0.2, 0) is 5.92 Å². The van der Waals surface area contributed by atoms with Crippen LogP contribution in [0.25, 0.3) is 0 Å². The van der Waals surface area contributed by atoms with E-state index in [0.29, 0.717) is 5.75 Å². The summed E-state index contributed by atoms with van der Waals surface area (Å²) in [5.74, 6) is -2.27. The van der Waals surface area contributed by atoms with Gasteiger partial charge < -0.3 is 10.1 Å². The van der Waals surface area contributed by atoms with E-state index in [2.05, 4.69) is 5.32 Å². The van der Waals surface area contributed by atoms with Crippen molar-refractivity contribution in [3.8, 4) is 5.75 Å². The Morgan fingerprint density at radius 2 is 2.11 bits per heavy atom. The van der Waals surface area contributed by atoms with Gasteiger partial charge in [0.05, 0.1) is 12.7 Å². The van der Waals surface area contributed by atoms with Crippen molar-refractivity contribution in [1.82, 2.24) is 5.32 Å². The maximum absolute atomic E-state index is 13.7. The minimum Gasteiger partial charge on any atom is -0.496 e. The van der Waals surface area contributed by atoms with Crippen LogP contribution >= 0.6 is 0 Å². The Hall–Kier alpha value is -1.16. The topological polar surface area (TPSA) is 21.3 Å². The van der Waals surface area contributed by atoms with Crippen LogP contribution in [0.2, 0.25) is 0 Å². The number of rotatable bonds is 3. The predicted molar refractivity (Wildman–Crippen MR) is 72.1 cm³/mol. The molecule has 1 aromatic carbocycles. The third-order valence-corrected chi connectivity index (χ3v) is 3.68. The summed E-state index contributed by atoms with van der Waals surface area (Å²) in [4.78, 5) is 0. The molecular formula is C15H21F2NO. The Balaban J connectivity index is 2.50. The molecule has 1 heterocycles. The van der Waals surface area contributed by atoms with Crippen molar-refractivity contribution in [2.45, 2.75) is 38.5 Å². The van der Waals surface area contributed by atoms with E-state index >= 15 is 0 Å². The monoisotopic (exact) mass is 269 g/mol. The van der Waals surface area contributed by atoms with E-state index in [1.165, 1.54) is 13.2 Å². The van der Waals surface area contributed by atoms with Gasteiger partial charge in [0.25, 0.3) is 5.92 Å². The van der Waals surface area contributed by atoms with Crippen LogP contribution in [0.1, 0.15) is 42.4 Å². The van der Waals surface area contributed by atoms with E-state index in [4.69, 9.17) is 4.74 Å². The van der Waals surface area contributed by atoms with Crippen molar-refractivity contribution in [2.75, 3.05) is 20.2 Å². The fraction of sp³-hybridized carbons (Fsp3) is 0.600. The zero-order valence-electron chi connectivity index (χ0n) is 11.7. The van der Waals surface area contributed by atoms with Crippen LogP contribution in [0.4, 0.5) is 8.78 Å². The molecule has 0 saturated carbocycles. The second-order valence-corrected chi connectivity index (χ2v) is 5.37. The van der Waals surface area contributed by atoms with Gasteiger partial charge in [-0.3, -0.25) is 0 Å². The first-order valence-corrected chi connectivity index (χ1v) is 6.71. The Labute approximate surface area is 113 Å². The lowest BCUT2D eigenvalue weighted by Gasteiger charge is -2.27. The van der Waals surface area contributed by atoms with Crippen molar-refractivity contribution in [2.24, 2.45) is 0 Å². The lowest BCUT2D eigenvalue weighted by molar-refractivity contribution is 0.0148. The quantitative estimate of drug-likeness (QED) is 0.905. The normalized spacial score (nSPS) is 20.4. The van der Waals surface area contributed by atoms with Gasteiger partial charge in [0.15, 0.2) is 0 Å². The van der Waals surface area contributed by atoms with Gasteiger partial charge in [-0.1, -0.05) is 11.6 Å². The average molecular weight is 269 g/mol. The van der Waals surface area contributed by atoms with Crippen LogP contribution < -0.4 is 10.1 Å². The largest absolute Gasteiger partial charge is 0.496 e. The molecule has 1 aliphatic rings. The fourth-order valence-electron chi connectivity index (χ4n) is 2.78. The summed E-state index contributed by atoms with van der Waals surface area (Å²) in [5, 5.41) is 3.32. The molecule has 1 unspecified atom stereocenters. The summed E-state index contributed by atoms with van der Waals surface area (Å²) in [6.07, 6.45) is 2.08. The van der Waals surface area contributed by atoms with E-state index < -0.39 is 5.92 Å². The van der Waals surface area contributed by atoms with Gasteiger partial charge in [-0.05, 0) is 37.9 Å². The lowest BCUT2D eigenvalue weighted by atomic mass is 9.87. The summed E-state index contributed by atoms with van der Waals surface area (Å²) in [6.45, 7) is 4.61. The molecule has 0 amide bonds. The van der Waals surface area contributed by atoms with Crippen molar-refractivity contribution in [3.05, 3.63) is 28.8 Å². The van der Waals surface area contributed by atoms with Crippen molar-refractivity contribution < 1.29 is 13.5 Å². The number of benzene rings is 1. The molecular weight excluding hydrogens is 248 g/mol. The zero-order valence-corrected chi connectivity index (χ0v) is 11.7. The van der Waals surface area contributed by atoms with Crippen molar-refractivity contribution >= 4 is 0 Å². The number of hydrogen-bond acceptors (Lipinski definition) is 2. The molecule has 106 valence electrons. The number of nitrogens with one attached hydrogen (secondary N) is 1. The molecule has 4 heteroatoms. The van der Waals surface area contributed by atoms with Gasteiger partial charge in [-0.25, -0.2) is 8.78 Å². The first-order valence-electron chi connectivity index (χ1n) is 6.71. The van der Waals surface area contributed by atoms with Crippen LogP contribution in [0, 0.1) is 6.92 Å². The lowest BCUT2D eigenvalue weighted by Crippen LogP contribution is -2.29. The van der Waals surface area contributed by atoms with Crippen LogP contribution in [0.15, 0.2) is 12.1 Å². The molecule has 1 fully saturated rings. The average Bonchev–Trinajstić information content (AvgIpc) is 2.37. The molecule has 1 aromatic rings. The second-order valence-electron chi connectivity index (χ2n) is 5.37. The first-order chi connectivity index (χ1) is 8.93. The molecule has 0 aromatic heterocycles. The Morgan fingerprint density at radius 1 is 1.37 bits per heavy atom. The standard InChI is InChI=1S/C15H21F2NO/c1-10-7-12(11-5-4-6-18-9-11)14(19-3)13(8-10)15(2,16)17/h7-8,11,18H,4-6,9H2,1-3H3. The highest BCUT2D eigenvalue weighted by Gasteiger charge is 2.32. The Bertz CT molecular complexity index is 448. The molecule has 1 aliphatic heterocycles. The van der Waals surface area contributed by atoms with E-state index in [1.54, 1.807) is 0 Å². The number of methoxy groups -OCH3 is 1. The number of ether oxygens (including phenoxy) is 1. The van der Waals surface area contributed by atoms with E-state index in [0.717, 1.165) is 44.0 Å². The van der Waals surface area contributed by atoms with Gasteiger partial charge in [-0.15, -0.1) is 0 Å².